The molecule has 0 bridgehead atoms. The van der Waals surface area contributed by atoms with Crippen LogP contribution in [0.15, 0.2) is 0 Å². The minimum atomic E-state index is -0.515. The molecule has 0 saturated heterocycles. The van der Waals surface area contributed by atoms with Gasteiger partial charge >= 0.3 is 5.97 Å². The number of carbonyl (C=O) groups is 2. The van der Waals surface area contributed by atoms with Crippen molar-refractivity contribution in [3.05, 3.63) is 0 Å². The van der Waals surface area contributed by atoms with Crippen molar-refractivity contribution < 1.29 is 19.4 Å². The highest BCUT2D eigenvalue weighted by molar-refractivity contribution is 5.82. The zero-order chi connectivity index (χ0) is 17.0. The summed E-state index contributed by atoms with van der Waals surface area (Å²) in [7, 11) is 1.46. The van der Waals surface area contributed by atoms with Crippen molar-refractivity contribution in [2.45, 2.75) is 65.4 Å². The van der Waals surface area contributed by atoms with Crippen LogP contribution < -0.4 is 0 Å². The van der Waals surface area contributed by atoms with E-state index in [0.29, 0.717) is 24.5 Å². The van der Waals surface area contributed by atoms with Crippen molar-refractivity contribution in [3.63, 3.8) is 0 Å². The van der Waals surface area contributed by atoms with E-state index in [2.05, 4.69) is 6.92 Å². The van der Waals surface area contributed by atoms with Gasteiger partial charge in [0.15, 0.2) is 0 Å². The number of aliphatic hydroxyl groups excluding tert-OH is 1. The quantitative estimate of drug-likeness (QED) is 0.754. The van der Waals surface area contributed by atoms with E-state index in [1.54, 1.807) is 0 Å². The zero-order valence-electron chi connectivity index (χ0n) is 14.8. The van der Waals surface area contributed by atoms with Crippen molar-refractivity contribution in [3.8, 4) is 0 Å². The predicted molar refractivity (Wildman–Crippen MR) is 86.6 cm³/mol. The smallest absolute Gasteiger partial charge is 0.311 e. The summed E-state index contributed by atoms with van der Waals surface area (Å²) in [5, 5.41) is 10.8. The van der Waals surface area contributed by atoms with Crippen molar-refractivity contribution >= 4 is 11.8 Å². The minimum absolute atomic E-state index is 0.0139. The van der Waals surface area contributed by atoms with Gasteiger partial charge in [0.25, 0.3) is 0 Å². The number of Topliss-reactive ketones (excluding diaryl/α,β-unsaturated/α-hetero) is 1. The number of hydrogen-bond acceptors (Lipinski definition) is 4. The fourth-order valence-corrected chi connectivity index (χ4v) is 6.41. The van der Waals surface area contributed by atoms with Crippen molar-refractivity contribution in [1.82, 2.24) is 0 Å². The van der Waals surface area contributed by atoms with Gasteiger partial charge in [-0.2, -0.15) is 0 Å². The lowest BCUT2D eigenvalue weighted by molar-refractivity contribution is -0.193. The van der Waals surface area contributed by atoms with Crippen LogP contribution in [0.4, 0.5) is 0 Å². The molecule has 0 aliphatic heterocycles. The van der Waals surface area contributed by atoms with Gasteiger partial charge in [-0.05, 0) is 55.8 Å². The Morgan fingerprint density at radius 1 is 1.30 bits per heavy atom. The Balaban J connectivity index is 2.00. The molecule has 0 aromatic rings. The highest BCUT2D eigenvalue weighted by atomic mass is 16.5. The molecule has 23 heavy (non-hydrogen) atoms. The van der Waals surface area contributed by atoms with Crippen LogP contribution >= 0.6 is 0 Å². The van der Waals surface area contributed by atoms with E-state index in [-0.39, 0.29) is 29.1 Å². The molecule has 3 aliphatic carbocycles. The highest BCUT2D eigenvalue weighted by Crippen LogP contribution is 2.64. The summed E-state index contributed by atoms with van der Waals surface area (Å²) in [6, 6.07) is 0. The van der Waals surface area contributed by atoms with Crippen molar-refractivity contribution in [2.24, 2.45) is 34.5 Å². The SMILES string of the molecule is COC(=O)[C@]1(C)CCC[C@@]2(C)[C@H]1C[C@@H](O)[C@@H]1[C@@H](C)C(=O)CC[C@@H]12. The van der Waals surface area contributed by atoms with Gasteiger partial charge in [0.05, 0.1) is 18.6 Å². The molecule has 0 spiro atoms. The van der Waals surface area contributed by atoms with Gasteiger partial charge in [0, 0.05) is 12.3 Å². The van der Waals surface area contributed by atoms with E-state index in [1.807, 2.05) is 13.8 Å². The van der Waals surface area contributed by atoms with Crippen LogP contribution in [0.5, 0.6) is 0 Å². The largest absolute Gasteiger partial charge is 0.469 e. The van der Waals surface area contributed by atoms with E-state index in [9.17, 15) is 14.7 Å². The van der Waals surface area contributed by atoms with Crippen LogP contribution in [0.25, 0.3) is 0 Å². The maximum Gasteiger partial charge on any atom is 0.311 e. The van der Waals surface area contributed by atoms with Crippen LogP contribution in [0.2, 0.25) is 0 Å². The molecule has 3 aliphatic rings. The molecular weight excluding hydrogens is 292 g/mol. The second kappa shape index (κ2) is 5.58. The molecule has 3 rings (SSSR count). The van der Waals surface area contributed by atoms with E-state index >= 15 is 0 Å². The Bertz CT molecular complexity index is 515. The van der Waals surface area contributed by atoms with Gasteiger partial charge in [-0.3, -0.25) is 9.59 Å². The first-order valence-electron chi connectivity index (χ1n) is 9.05. The summed E-state index contributed by atoms with van der Waals surface area (Å²) in [5.41, 5.74) is -0.502. The Hall–Kier alpha value is -0.900. The number of esters is 1. The molecule has 1 N–H and O–H groups in total. The summed E-state index contributed by atoms with van der Waals surface area (Å²) >= 11 is 0. The molecule has 0 aromatic carbocycles. The molecule has 3 saturated carbocycles. The average molecular weight is 322 g/mol. The Kier molecular flexibility index (Phi) is 4.11. The predicted octanol–water partition coefficient (Wildman–Crippen LogP) is 2.97. The molecule has 4 heteroatoms. The lowest BCUT2D eigenvalue weighted by Gasteiger charge is -2.62. The topological polar surface area (TPSA) is 63.6 Å². The first kappa shape index (κ1) is 16.9. The standard InChI is InChI=1S/C19H30O4/c1-11-13(20)7-6-12-16(11)14(21)10-15-18(12,2)8-5-9-19(15,3)17(22)23-4/h11-12,14-16,21H,5-10H2,1-4H3/t11-,12-,14+,15+,16+,18+,19+/m0/s1. The fourth-order valence-electron chi connectivity index (χ4n) is 6.41. The first-order valence-corrected chi connectivity index (χ1v) is 9.05. The lowest BCUT2D eigenvalue weighted by atomic mass is 9.42. The zero-order valence-corrected chi connectivity index (χ0v) is 14.8. The van der Waals surface area contributed by atoms with Crippen LogP contribution in [0, 0.1) is 34.5 Å². The maximum atomic E-state index is 12.5. The number of aliphatic hydroxyl groups is 1. The molecule has 3 fully saturated rings. The van der Waals surface area contributed by atoms with Gasteiger partial charge in [-0.25, -0.2) is 0 Å². The molecule has 0 heterocycles. The third-order valence-corrected chi connectivity index (χ3v) is 7.65. The fraction of sp³-hybridized carbons (Fsp3) is 0.895. The molecule has 0 radical (unpaired) electrons. The number of rotatable bonds is 1. The number of fused-ring (bicyclic) bond motifs is 3. The van der Waals surface area contributed by atoms with Gasteiger partial charge < -0.3 is 9.84 Å². The van der Waals surface area contributed by atoms with Crippen LogP contribution in [-0.2, 0) is 14.3 Å². The number of ketones is 1. The molecule has 0 amide bonds. The summed E-state index contributed by atoms with van der Waals surface area (Å²) in [6.07, 6.45) is 4.53. The molecule has 7 atom stereocenters. The van der Waals surface area contributed by atoms with E-state index in [4.69, 9.17) is 4.74 Å². The average Bonchev–Trinajstić information content (AvgIpc) is 2.51. The van der Waals surface area contributed by atoms with Crippen LogP contribution in [0.3, 0.4) is 0 Å². The summed E-state index contributed by atoms with van der Waals surface area (Å²) in [5.74, 6) is 0.601. The van der Waals surface area contributed by atoms with E-state index in [1.165, 1.54) is 7.11 Å². The Labute approximate surface area is 139 Å². The second-order valence-corrected chi connectivity index (χ2v) is 8.60. The van der Waals surface area contributed by atoms with Crippen LogP contribution in [-0.4, -0.2) is 30.1 Å². The van der Waals surface area contributed by atoms with Gasteiger partial charge in [-0.15, -0.1) is 0 Å². The minimum Gasteiger partial charge on any atom is -0.469 e. The van der Waals surface area contributed by atoms with Crippen molar-refractivity contribution in [2.75, 3.05) is 7.11 Å². The van der Waals surface area contributed by atoms with E-state index < -0.39 is 11.5 Å². The van der Waals surface area contributed by atoms with Gasteiger partial charge in [-0.1, -0.05) is 20.3 Å². The Morgan fingerprint density at radius 3 is 2.65 bits per heavy atom. The summed E-state index contributed by atoms with van der Waals surface area (Å²) < 4.78 is 5.12. The number of methoxy groups -OCH3 is 1. The molecule has 0 unspecified atom stereocenters. The molecular formula is C19H30O4. The second-order valence-electron chi connectivity index (χ2n) is 8.60. The lowest BCUT2D eigenvalue weighted by Crippen LogP contribution is -2.61. The first-order chi connectivity index (χ1) is 10.8. The summed E-state index contributed by atoms with van der Waals surface area (Å²) in [4.78, 5) is 24.7. The van der Waals surface area contributed by atoms with Gasteiger partial charge in [0.2, 0.25) is 0 Å². The highest BCUT2D eigenvalue weighted by Gasteiger charge is 2.62. The van der Waals surface area contributed by atoms with E-state index in [0.717, 1.165) is 25.7 Å². The monoisotopic (exact) mass is 322 g/mol. The van der Waals surface area contributed by atoms with Crippen LogP contribution in [0.1, 0.15) is 59.3 Å². The molecule has 130 valence electrons. The van der Waals surface area contributed by atoms with Gasteiger partial charge in [0.1, 0.15) is 5.78 Å². The third kappa shape index (κ3) is 2.28. The van der Waals surface area contributed by atoms with Crippen molar-refractivity contribution in [1.29, 1.82) is 0 Å². The maximum absolute atomic E-state index is 12.5. The summed E-state index contributed by atoms with van der Waals surface area (Å²) in [6.45, 7) is 6.30. The molecule has 0 aromatic heterocycles. The number of carbonyl (C=O) groups excluding carboxylic acids is 2. The normalized spacial score (nSPS) is 50.0. The number of hydrogen-bond donors (Lipinski definition) is 1. The third-order valence-electron chi connectivity index (χ3n) is 7.65. The molecule has 4 nitrogen and oxygen atoms in total. The number of ether oxygens (including phenoxy) is 1. The Morgan fingerprint density at radius 2 is 2.00 bits per heavy atom.